The number of carbonyl (C=O) groups is 4. The average Bonchev–Trinajstić information content (AvgIpc) is 3.86. The molecule has 296 valence electrons. The summed E-state index contributed by atoms with van der Waals surface area (Å²) in [6.07, 6.45) is 6.72. The van der Waals surface area contributed by atoms with Crippen LogP contribution in [0.2, 0.25) is 0 Å². The zero-order chi connectivity index (χ0) is 38.2. The second-order valence-electron chi connectivity index (χ2n) is 17.9. The van der Waals surface area contributed by atoms with Gasteiger partial charge in [-0.15, -0.1) is 0 Å². The van der Waals surface area contributed by atoms with Crippen LogP contribution in [0.1, 0.15) is 110 Å². The number of nitrogens with zero attached hydrogens (tertiary/aromatic N) is 2. The fourth-order valence-corrected chi connectivity index (χ4v) is 9.46. The van der Waals surface area contributed by atoms with Crippen LogP contribution in [0.15, 0.2) is 24.3 Å². The van der Waals surface area contributed by atoms with Gasteiger partial charge in [0, 0.05) is 26.1 Å². The summed E-state index contributed by atoms with van der Waals surface area (Å²) in [5.41, 5.74) is 1.55. The predicted molar refractivity (Wildman–Crippen MR) is 200 cm³/mol. The van der Waals surface area contributed by atoms with Gasteiger partial charge in [-0.25, -0.2) is 9.59 Å². The Morgan fingerprint density at radius 2 is 1.67 bits per heavy atom. The van der Waals surface area contributed by atoms with Gasteiger partial charge in [0.2, 0.25) is 11.8 Å². The monoisotopic (exact) mass is 750 g/mol. The van der Waals surface area contributed by atoms with E-state index in [1.807, 2.05) is 24.3 Å². The molecule has 8 rings (SSSR count). The standard InChI is InChI=1S/C40H59BN4O9/c1-39(2,3)52-37(48)42-30-24-50-17-13-9-7-6-8-10-16-33(41-53-32-19-27-18-29(34(32)54-41)40(27,4)5)43-35(46)31-20-28(23-45(31)36(30)47)51-38(49)44-21-25-14-11-12-15-26(25)22-44/h11-12,14-15,27-34H,6-10,13,16-24H2,1-5H3,(H,42,48)(H,43,46)/t27?,28-,29?,30-,31+,32?,33-,34?/m1/s1. The number of rotatable bonds is 3. The van der Waals surface area contributed by atoms with Crippen LogP contribution in [0.5, 0.6) is 0 Å². The van der Waals surface area contributed by atoms with Gasteiger partial charge in [0.15, 0.2) is 0 Å². The Kier molecular flexibility index (Phi) is 11.5. The quantitative estimate of drug-likeness (QED) is 0.402. The first-order valence-corrected chi connectivity index (χ1v) is 20.3. The van der Waals surface area contributed by atoms with Crippen molar-refractivity contribution < 1.29 is 42.7 Å². The molecule has 3 saturated carbocycles. The van der Waals surface area contributed by atoms with Crippen molar-refractivity contribution in [3.8, 4) is 0 Å². The van der Waals surface area contributed by atoms with E-state index in [1.165, 1.54) is 4.90 Å². The molecule has 0 spiro atoms. The molecular formula is C40H59BN4O9. The van der Waals surface area contributed by atoms with Gasteiger partial charge in [0.1, 0.15) is 23.8 Å². The van der Waals surface area contributed by atoms with E-state index in [2.05, 4.69) is 24.5 Å². The van der Waals surface area contributed by atoms with Crippen LogP contribution in [-0.2, 0) is 46.2 Å². The van der Waals surface area contributed by atoms with Crippen molar-refractivity contribution in [1.82, 2.24) is 20.4 Å². The fourth-order valence-electron chi connectivity index (χ4n) is 9.46. The molecule has 6 fully saturated rings. The fraction of sp³-hybridized carbons (Fsp3) is 0.750. The van der Waals surface area contributed by atoms with Crippen LogP contribution in [0.25, 0.3) is 0 Å². The maximum atomic E-state index is 14.5. The maximum absolute atomic E-state index is 14.5. The molecule has 0 aromatic heterocycles. The van der Waals surface area contributed by atoms with Gasteiger partial charge in [-0.05, 0) is 74.8 Å². The van der Waals surface area contributed by atoms with Crippen molar-refractivity contribution >= 4 is 31.1 Å². The molecule has 2 bridgehead atoms. The summed E-state index contributed by atoms with van der Waals surface area (Å²) >= 11 is 0. The van der Waals surface area contributed by atoms with Crippen LogP contribution >= 0.6 is 0 Å². The number of nitrogens with one attached hydrogen (secondary N) is 2. The van der Waals surface area contributed by atoms with Crippen molar-refractivity contribution in [2.45, 2.75) is 154 Å². The predicted octanol–water partition coefficient (Wildman–Crippen LogP) is 5.12. The maximum Gasteiger partial charge on any atom is 0.481 e. The minimum atomic E-state index is -1.12. The Balaban J connectivity index is 1.11. The Morgan fingerprint density at radius 3 is 2.37 bits per heavy atom. The van der Waals surface area contributed by atoms with Gasteiger partial charge in [-0.2, -0.15) is 0 Å². The number of carbonyl (C=O) groups excluding carboxylic acids is 4. The third-order valence-corrected chi connectivity index (χ3v) is 12.6. The molecule has 8 atom stereocenters. The van der Waals surface area contributed by atoms with E-state index < -0.39 is 54.9 Å². The second-order valence-corrected chi connectivity index (χ2v) is 17.9. The number of benzene rings is 1. The number of alkyl carbamates (subject to hydrolysis) is 1. The Labute approximate surface area is 320 Å². The lowest BCUT2D eigenvalue weighted by atomic mass is 9.47. The van der Waals surface area contributed by atoms with Gasteiger partial charge < -0.3 is 39.1 Å². The molecule has 13 nitrogen and oxygen atoms in total. The number of amides is 4. The van der Waals surface area contributed by atoms with E-state index in [-0.39, 0.29) is 43.1 Å². The highest BCUT2D eigenvalue weighted by atomic mass is 16.7. The van der Waals surface area contributed by atoms with E-state index >= 15 is 0 Å². The third kappa shape index (κ3) is 8.55. The Hall–Kier alpha value is -3.36. The van der Waals surface area contributed by atoms with Crippen LogP contribution in [0, 0.1) is 17.3 Å². The molecular weight excluding hydrogens is 691 g/mol. The first kappa shape index (κ1) is 38.9. The highest BCUT2D eigenvalue weighted by molar-refractivity contribution is 6.47. The molecule has 4 unspecified atom stereocenters. The molecule has 54 heavy (non-hydrogen) atoms. The number of hydrogen-bond acceptors (Lipinski definition) is 9. The van der Waals surface area contributed by atoms with Gasteiger partial charge >= 0.3 is 19.3 Å². The minimum absolute atomic E-state index is 0.000715. The van der Waals surface area contributed by atoms with Crippen molar-refractivity contribution in [2.75, 3.05) is 19.8 Å². The second kappa shape index (κ2) is 16.0. The van der Waals surface area contributed by atoms with Gasteiger partial charge in [-0.1, -0.05) is 70.2 Å². The molecule has 1 aromatic carbocycles. The summed E-state index contributed by atoms with van der Waals surface area (Å²) < 4.78 is 30.8. The molecule has 3 aliphatic carbocycles. The minimum Gasteiger partial charge on any atom is -0.444 e. The van der Waals surface area contributed by atoms with E-state index in [1.54, 1.807) is 25.7 Å². The van der Waals surface area contributed by atoms with Crippen LogP contribution in [0.3, 0.4) is 0 Å². The smallest absolute Gasteiger partial charge is 0.444 e. The molecule has 4 heterocycles. The lowest BCUT2D eigenvalue weighted by molar-refractivity contribution is -0.150. The highest BCUT2D eigenvalue weighted by Gasteiger charge is 2.63. The summed E-state index contributed by atoms with van der Waals surface area (Å²) in [4.78, 5) is 58.5. The van der Waals surface area contributed by atoms with Crippen molar-refractivity contribution in [3.05, 3.63) is 35.4 Å². The van der Waals surface area contributed by atoms with Crippen molar-refractivity contribution in [2.24, 2.45) is 17.3 Å². The van der Waals surface area contributed by atoms with E-state index in [0.29, 0.717) is 38.0 Å². The molecule has 7 aliphatic rings. The molecule has 4 amide bonds. The number of fused-ring (bicyclic) bond motifs is 2. The highest BCUT2D eigenvalue weighted by Crippen LogP contribution is 2.61. The van der Waals surface area contributed by atoms with Crippen LogP contribution in [-0.4, -0.2) is 103 Å². The summed E-state index contributed by atoms with van der Waals surface area (Å²) in [6.45, 7) is 11.1. The zero-order valence-corrected chi connectivity index (χ0v) is 32.7. The molecule has 14 heteroatoms. The van der Waals surface area contributed by atoms with Crippen molar-refractivity contribution in [3.63, 3.8) is 0 Å². The van der Waals surface area contributed by atoms with E-state index in [4.69, 9.17) is 23.5 Å². The summed E-state index contributed by atoms with van der Waals surface area (Å²) in [5, 5.41) is 5.96. The normalized spacial score (nSPS) is 33.1. The van der Waals surface area contributed by atoms with Gasteiger partial charge in [-0.3, -0.25) is 14.5 Å². The van der Waals surface area contributed by atoms with E-state index in [9.17, 15) is 19.2 Å². The van der Waals surface area contributed by atoms with Gasteiger partial charge in [0.25, 0.3) is 0 Å². The first-order valence-electron chi connectivity index (χ1n) is 20.3. The average molecular weight is 751 g/mol. The van der Waals surface area contributed by atoms with Crippen LogP contribution < -0.4 is 10.6 Å². The lowest BCUT2D eigenvalue weighted by Gasteiger charge is -2.60. The van der Waals surface area contributed by atoms with Crippen molar-refractivity contribution in [1.29, 1.82) is 0 Å². The van der Waals surface area contributed by atoms with E-state index in [0.717, 1.165) is 62.5 Å². The molecule has 3 saturated heterocycles. The van der Waals surface area contributed by atoms with Crippen LogP contribution in [0.4, 0.5) is 9.59 Å². The first-order chi connectivity index (χ1) is 25.8. The Bertz CT molecular complexity index is 1530. The Morgan fingerprint density at radius 1 is 0.963 bits per heavy atom. The topological polar surface area (TPSA) is 145 Å². The summed E-state index contributed by atoms with van der Waals surface area (Å²) in [6, 6.07) is 5.79. The molecule has 4 aliphatic heterocycles. The number of ether oxygens (including phenoxy) is 3. The van der Waals surface area contributed by atoms with Gasteiger partial charge in [0.05, 0.1) is 31.3 Å². The molecule has 1 aromatic rings. The zero-order valence-electron chi connectivity index (χ0n) is 32.7. The molecule has 0 radical (unpaired) electrons. The lowest BCUT2D eigenvalue weighted by Crippen LogP contribution is -2.59. The third-order valence-electron chi connectivity index (χ3n) is 12.6. The largest absolute Gasteiger partial charge is 0.481 e. The number of hydrogen-bond donors (Lipinski definition) is 2. The summed E-state index contributed by atoms with van der Waals surface area (Å²) in [5.74, 6) is -0.250. The summed E-state index contributed by atoms with van der Waals surface area (Å²) in [7, 11) is -0.591. The molecule has 2 N–H and O–H groups in total. The SMILES string of the molecule is CC(C)(C)OC(=O)N[C@@H]1COCCCCCCCC[C@H](B2OC3CC4CC(C3O2)C4(C)C)NC(=O)[C@@H]2C[C@@H](OC(=O)N3Cc4ccccc4C3)CN2C1=O.